The Balaban J connectivity index is 1.58. The maximum Gasteiger partial charge on any atom is 0.358 e. The van der Waals surface area contributed by atoms with E-state index in [1.165, 1.54) is 0 Å². The van der Waals surface area contributed by atoms with Crippen LogP contribution in [0.1, 0.15) is 67.0 Å². The molecule has 33 heavy (non-hydrogen) atoms. The third-order valence-corrected chi connectivity index (χ3v) is 6.24. The summed E-state index contributed by atoms with van der Waals surface area (Å²) >= 11 is 0. The molecule has 182 valence electrons. The first-order valence-electron chi connectivity index (χ1n) is 11.9. The molecule has 3 N–H and O–H groups in total. The Labute approximate surface area is 195 Å². The molecule has 3 rings (SSSR count). The van der Waals surface area contributed by atoms with E-state index in [1.807, 2.05) is 25.1 Å². The highest BCUT2D eigenvalue weighted by Gasteiger charge is 2.35. The van der Waals surface area contributed by atoms with Crippen molar-refractivity contribution in [2.45, 2.75) is 64.6 Å². The summed E-state index contributed by atoms with van der Waals surface area (Å²) in [5.41, 5.74) is 1.93. The van der Waals surface area contributed by atoms with Crippen molar-refractivity contribution in [3.05, 3.63) is 47.0 Å². The summed E-state index contributed by atoms with van der Waals surface area (Å²) in [6.45, 7) is 7.91. The number of aliphatic hydroxyl groups excluding tert-OH is 1. The topological polar surface area (TPSA) is 108 Å². The van der Waals surface area contributed by atoms with Crippen LogP contribution in [0.15, 0.2) is 24.4 Å². The van der Waals surface area contributed by atoms with Crippen LogP contribution >= 0.6 is 0 Å². The molecule has 2 aromatic heterocycles. The Bertz CT molecular complexity index is 891. The third kappa shape index (κ3) is 6.34. The fraction of sp³-hybridized carbons (Fsp3) is 0.600. The zero-order chi connectivity index (χ0) is 23.8. The maximum atomic E-state index is 12.4. The quantitative estimate of drug-likeness (QED) is 0.443. The normalized spacial score (nSPS) is 17.0. The fourth-order valence-corrected chi connectivity index (χ4v) is 4.33. The highest BCUT2D eigenvalue weighted by Crippen LogP contribution is 2.32. The van der Waals surface area contributed by atoms with Gasteiger partial charge in [0.2, 0.25) is 0 Å². The number of esters is 1. The van der Waals surface area contributed by atoms with Crippen LogP contribution in [-0.4, -0.2) is 70.0 Å². The molecule has 1 saturated heterocycles. The van der Waals surface area contributed by atoms with Gasteiger partial charge in [0, 0.05) is 37.1 Å². The van der Waals surface area contributed by atoms with Crippen molar-refractivity contribution in [3.8, 4) is 5.75 Å². The number of nitrogens with zero attached hydrogens (tertiary/aromatic N) is 2. The van der Waals surface area contributed by atoms with E-state index in [1.54, 1.807) is 13.1 Å². The van der Waals surface area contributed by atoms with Crippen LogP contribution in [0.2, 0.25) is 0 Å². The molecular formula is C25H37N3O5. The van der Waals surface area contributed by atoms with Crippen molar-refractivity contribution in [1.82, 2.24) is 14.9 Å². The molecule has 1 aliphatic rings. The van der Waals surface area contributed by atoms with Crippen LogP contribution in [0.4, 0.5) is 0 Å². The molecule has 8 heteroatoms. The number of ether oxygens (including phenoxy) is 2. The Morgan fingerprint density at radius 2 is 2.06 bits per heavy atom. The first-order chi connectivity index (χ1) is 15.9. The number of aryl methyl sites for hydroxylation is 1. The molecule has 0 spiro atoms. The molecule has 1 fully saturated rings. The number of carbonyl (C=O) groups is 1. The lowest BCUT2D eigenvalue weighted by atomic mass is 9.87. The van der Waals surface area contributed by atoms with Gasteiger partial charge in [-0.25, -0.2) is 4.79 Å². The minimum absolute atomic E-state index is 0.0732. The molecule has 2 aromatic rings. The van der Waals surface area contributed by atoms with Gasteiger partial charge in [0.15, 0.2) is 11.4 Å². The molecule has 8 nitrogen and oxygen atoms in total. The number of nitrogens with one attached hydrogen (secondary N) is 1. The summed E-state index contributed by atoms with van der Waals surface area (Å²) in [6, 6.07) is 5.58. The molecule has 0 radical (unpaired) electrons. The van der Waals surface area contributed by atoms with Crippen LogP contribution in [0.5, 0.6) is 5.75 Å². The predicted molar refractivity (Wildman–Crippen MR) is 125 cm³/mol. The van der Waals surface area contributed by atoms with Gasteiger partial charge in [-0.2, -0.15) is 0 Å². The largest absolute Gasteiger partial charge is 0.488 e. The van der Waals surface area contributed by atoms with Gasteiger partial charge in [-0.15, -0.1) is 0 Å². The van der Waals surface area contributed by atoms with Crippen molar-refractivity contribution in [3.63, 3.8) is 0 Å². The first-order valence-corrected chi connectivity index (χ1v) is 11.9. The number of aromatic nitrogens is 2. The minimum Gasteiger partial charge on any atom is -0.488 e. The van der Waals surface area contributed by atoms with Crippen molar-refractivity contribution in [2.75, 3.05) is 32.8 Å². The lowest BCUT2D eigenvalue weighted by molar-refractivity contribution is -0.0401. The average molecular weight is 460 g/mol. The van der Waals surface area contributed by atoms with Gasteiger partial charge < -0.3 is 29.6 Å². The van der Waals surface area contributed by atoms with E-state index >= 15 is 0 Å². The Kier molecular flexibility index (Phi) is 8.88. The number of H-pyrrole nitrogens is 1. The molecule has 1 atom stereocenters. The van der Waals surface area contributed by atoms with Gasteiger partial charge in [0.05, 0.1) is 12.3 Å². The number of β-amino-alcohol motifs (C(OH)–C–C–N with tert-alkyl or cyclic N) is 1. The number of aromatic amines is 1. The minimum atomic E-state index is -0.926. The SMILES string of the molecule is CCCCc1c(C)[nH]c(C(=O)OCC)c1OCC(O)CN1CCC(O)(c2ccccn2)CC1. The third-order valence-electron chi connectivity index (χ3n) is 6.24. The number of hydrogen-bond donors (Lipinski definition) is 3. The van der Waals surface area contributed by atoms with Crippen LogP contribution in [-0.2, 0) is 16.8 Å². The number of likely N-dealkylation sites (tertiary alicyclic amines) is 1. The second kappa shape index (κ2) is 11.6. The smallest absolute Gasteiger partial charge is 0.358 e. The monoisotopic (exact) mass is 459 g/mol. The van der Waals surface area contributed by atoms with Gasteiger partial charge in [0.1, 0.15) is 18.3 Å². The number of piperidine rings is 1. The molecule has 0 aliphatic carbocycles. The van der Waals surface area contributed by atoms with Gasteiger partial charge in [0.25, 0.3) is 0 Å². The van der Waals surface area contributed by atoms with Crippen molar-refractivity contribution >= 4 is 5.97 Å². The molecule has 0 amide bonds. The van der Waals surface area contributed by atoms with Gasteiger partial charge in [-0.1, -0.05) is 19.4 Å². The number of rotatable bonds is 11. The fourth-order valence-electron chi connectivity index (χ4n) is 4.33. The highest BCUT2D eigenvalue weighted by atomic mass is 16.5. The summed E-state index contributed by atoms with van der Waals surface area (Å²) in [6.07, 6.45) is 4.89. The van der Waals surface area contributed by atoms with Gasteiger partial charge in [-0.3, -0.25) is 4.98 Å². The number of carbonyl (C=O) groups excluding carboxylic acids is 1. The van der Waals surface area contributed by atoms with Crippen LogP contribution in [0, 0.1) is 6.92 Å². The zero-order valence-electron chi connectivity index (χ0n) is 20.0. The number of aliphatic hydroxyl groups is 2. The Morgan fingerprint density at radius 3 is 2.70 bits per heavy atom. The summed E-state index contributed by atoms with van der Waals surface area (Å²) in [4.78, 5) is 22.0. The van der Waals surface area contributed by atoms with E-state index in [9.17, 15) is 15.0 Å². The number of hydrogen-bond acceptors (Lipinski definition) is 7. The lowest BCUT2D eigenvalue weighted by Crippen LogP contribution is -2.46. The van der Waals surface area contributed by atoms with Crippen molar-refractivity contribution in [2.24, 2.45) is 0 Å². The zero-order valence-corrected chi connectivity index (χ0v) is 20.0. The van der Waals surface area contributed by atoms with Crippen LogP contribution < -0.4 is 4.74 Å². The van der Waals surface area contributed by atoms with E-state index in [0.29, 0.717) is 49.6 Å². The summed E-state index contributed by atoms with van der Waals surface area (Å²) in [7, 11) is 0. The highest BCUT2D eigenvalue weighted by molar-refractivity contribution is 5.91. The van der Waals surface area contributed by atoms with Gasteiger partial charge >= 0.3 is 5.97 Å². The Morgan fingerprint density at radius 1 is 1.30 bits per heavy atom. The van der Waals surface area contributed by atoms with Gasteiger partial charge in [-0.05, 0) is 51.7 Å². The van der Waals surface area contributed by atoms with E-state index in [-0.39, 0.29) is 13.2 Å². The Hall–Kier alpha value is -2.42. The summed E-state index contributed by atoms with van der Waals surface area (Å²) in [5.74, 6) is 0.0410. The lowest BCUT2D eigenvalue weighted by Gasteiger charge is -2.38. The molecule has 1 unspecified atom stereocenters. The van der Waals surface area contributed by atoms with E-state index in [0.717, 1.165) is 30.5 Å². The van der Waals surface area contributed by atoms with E-state index < -0.39 is 17.7 Å². The second-order valence-electron chi connectivity index (χ2n) is 8.77. The van der Waals surface area contributed by atoms with Crippen LogP contribution in [0.3, 0.4) is 0 Å². The molecular weight excluding hydrogens is 422 g/mol. The summed E-state index contributed by atoms with van der Waals surface area (Å²) < 4.78 is 11.2. The molecule has 0 aromatic carbocycles. The van der Waals surface area contributed by atoms with E-state index in [4.69, 9.17) is 9.47 Å². The van der Waals surface area contributed by atoms with Crippen molar-refractivity contribution < 1.29 is 24.5 Å². The second-order valence-corrected chi connectivity index (χ2v) is 8.77. The van der Waals surface area contributed by atoms with E-state index in [2.05, 4.69) is 21.8 Å². The van der Waals surface area contributed by atoms with Crippen LogP contribution in [0.25, 0.3) is 0 Å². The average Bonchev–Trinajstić information content (AvgIpc) is 3.14. The molecule has 0 bridgehead atoms. The molecule has 3 heterocycles. The van der Waals surface area contributed by atoms with Crippen molar-refractivity contribution in [1.29, 1.82) is 0 Å². The molecule has 0 saturated carbocycles. The maximum absolute atomic E-state index is 12.4. The summed E-state index contributed by atoms with van der Waals surface area (Å²) in [5, 5.41) is 21.6. The first kappa shape index (κ1) is 25.2. The predicted octanol–water partition coefficient (Wildman–Crippen LogP) is 2.96. The molecule has 1 aliphatic heterocycles. The standard InChI is InChI=1S/C25H37N3O5/c1-4-6-9-20-18(3)27-22(24(30)32-5-2)23(20)33-17-19(29)16-28-14-11-25(31,12-15-28)21-10-7-8-13-26-21/h7-8,10,13,19,27,29,31H,4-6,9,11-12,14-17H2,1-3H3. The number of pyridine rings is 1. The number of unbranched alkanes of at least 4 members (excludes halogenated alkanes) is 1.